The van der Waals surface area contributed by atoms with Crippen LogP contribution in [-0.2, 0) is 21.7 Å². The van der Waals surface area contributed by atoms with Crippen molar-refractivity contribution in [3.05, 3.63) is 64.2 Å². The highest BCUT2D eigenvalue weighted by Gasteiger charge is 2.24. The third-order valence-corrected chi connectivity index (χ3v) is 6.94. The van der Waals surface area contributed by atoms with Crippen molar-refractivity contribution in [2.45, 2.75) is 52.8 Å². The highest BCUT2D eigenvalue weighted by Crippen LogP contribution is 2.28. The second kappa shape index (κ2) is 20.9. The number of para-hydroxylation sites is 1. The lowest BCUT2D eigenvalue weighted by Crippen LogP contribution is -2.43. The summed E-state index contributed by atoms with van der Waals surface area (Å²) >= 11 is 16.0. The summed E-state index contributed by atoms with van der Waals surface area (Å²) in [5.41, 5.74) is 8.67. The van der Waals surface area contributed by atoms with E-state index in [-0.39, 0.29) is 23.1 Å². The van der Waals surface area contributed by atoms with Gasteiger partial charge in [0.05, 0.1) is 18.3 Å². The Hall–Kier alpha value is -1.91. The fraction of sp³-hybridized carbons (Fsp3) is 0.464. The zero-order valence-corrected chi connectivity index (χ0v) is 26.8. The van der Waals surface area contributed by atoms with Crippen molar-refractivity contribution in [2.75, 3.05) is 37.6 Å². The molecule has 2 rings (SSSR count). The van der Waals surface area contributed by atoms with Gasteiger partial charge in [-0.25, -0.2) is 0 Å². The van der Waals surface area contributed by atoms with Crippen LogP contribution in [0.5, 0.6) is 0 Å². The Morgan fingerprint density at radius 2 is 1.64 bits per heavy atom. The van der Waals surface area contributed by atoms with Crippen molar-refractivity contribution in [3.63, 3.8) is 0 Å². The van der Waals surface area contributed by atoms with Crippen LogP contribution in [0.1, 0.15) is 44.4 Å². The summed E-state index contributed by atoms with van der Waals surface area (Å²) < 4.78 is 5.18. The number of methoxy groups -OCH3 is 1. The zero-order chi connectivity index (χ0) is 30.0. The SMILES string of the molecule is CCN(CC)C(=O)SCc1ccc(Cl)cc1.CCc1cccc(C)c1N(C(=O)CCl)C(C)COC.NC(=O)S. The molecule has 0 bridgehead atoms. The van der Waals surface area contributed by atoms with Crippen LogP contribution in [-0.4, -0.2) is 60.0 Å². The molecule has 0 radical (unpaired) electrons. The van der Waals surface area contributed by atoms with Crippen molar-refractivity contribution < 1.29 is 19.1 Å². The average Bonchev–Trinajstić information content (AvgIpc) is 2.90. The lowest BCUT2D eigenvalue weighted by molar-refractivity contribution is -0.116. The molecule has 2 aromatic carbocycles. The summed E-state index contributed by atoms with van der Waals surface area (Å²) in [4.78, 5) is 36.6. The van der Waals surface area contributed by atoms with Crippen LogP contribution in [0.4, 0.5) is 15.3 Å². The maximum Gasteiger partial charge on any atom is 0.281 e. The average molecular weight is 619 g/mol. The molecule has 0 aromatic heterocycles. The standard InChI is InChI=1S/C15H22ClNO2.C12H16ClNOS.CH3NOS/c1-5-13-8-6-7-11(2)15(13)17(14(18)9-16)12(3)10-19-4;1-3-14(4-2)12(15)16-9-10-5-7-11(13)8-6-10;2-1(3)4/h6-8,12H,5,9-10H2,1-4H3;5-8H,3-4,9H2,1-2H3;(H3,2,3,4). The number of halogens is 2. The molecule has 2 aromatic rings. The maximum atomic E-state index is 12.2. The third kappa shape index (κ3) is 14.3. The largest absolute Gasteiger partial charge is 0.383 e. The van der Waals surface area contributed by atoms with Gasteiger partial charge in [-0.15, -0.1) is 11.6 Å². The molecule has 11 heteroatoms. The maximum absolute atomic E-state index is 12.2. The molecular formula is C28H41Cl2N3O4S2. The van der Waals surface area contributed by atoms with E-state index in [1.807, 2.05) is 69.0 Å². The molecule has 0 heterocycles. The Morgan fingerprint density at radius 3 is 2.10 bits per heavy atom. The molecular weight excluding hydrogens is 577 g/mol. The summed E-state index contributed by atoms with van der Waals surface area (Å²) in [6, 6.07) is 13.6. The minimum atomic E-state index is -0.639. The Labute approximate surface area is 253 Å². The lowest BCUT2D eigenvalue weighted by atomic mass is 10.0. The number of carbonyl (C=O) groups excluding carboxylic acids is 3. The number of anilines is 1. The van der Waals surface area contributed by atoms with Crippen LogP contribution in [0.2, 0.25) is 5.02 Å². The predicted octanol–water partition coefficient (Wildman–Crippen LogP) is 7.19. The number of amides is 3. The van der Waals surface area contributed by atoms with E-state index in [0.717, 1.165) is 46.9 Å². The summed E-state index contributed by atoms with van der Waals surface area (Å²) in [5, 5.41) is 0.226. The first-order valence-electron chi connectivity index (χ1n) is 12.6. The topological polar surface area (TPSA) is 92.9 Å². The molecule has 218 valence electrons. The van der Waals surface area contributed by atoms with Gasteiger partial charge in [0.25, 0.3) is 10.5 Å². The molecule has 1 atom stereocenters. The van der Waals surface area contributed by atoms with E-state index in [1.165, 1.54) is 11.8 Å². The number of nitrogens with zero attached hydrogens (tertiary/aromatic N) is 2. The fourth-order valence-corrected chi connectivity index (χ4v) is 4.80. The molecule has 2 N–H and O–H groups in total. The van der Waals surface area contributed by atoms with Gasteiger partial charge in [-0.1, -0.05) is 73.2 Å². The number of rotatable bonds is 10. The van der Waals surface area contributed by atoms with Gasteiger partial charge in [0.1, 0.15) is 5.88 Å². The molecule has 39 heavy (non-hydrogen) atoms. The first-order valence-corrected chi connectivity index (χ1v) is 14.9. The predicted molar refractivity (Wildman–Crippen MR) is 170 cm³/mol. The molecule has 0 aliphatic heterocycles. The van der Waals surface area contributed by atoms with Crippen molar-refractivity contribution in [2.24, 2.45) is 5.73 Å². The number of aryl methyl sites for hydroxylation is 2. The summed E-state index contributed by atoms with van der Waals surface area (Å²) in [7, 11) is 1.64. The quantitative estimate of drug-likeness (QED) is 0.217. The Bertz CT molecular complexity index is 1020. The van der Waals surface area contributed by atoms with E-state index >= 15 is 0 Å². The van der Waals surface area contributed by atoms with Gasteiger partial charge in [-0.2, -0.15) is 0 Å². The van der Waals surface area contributed by atoms with Gasteiger partial charge in [0.2, 0.25) is 5.91 Å². The Balaban J connectivity index is 0.000000658. The van der Waals surface area contributed by atoms with E-state index < -0.39 is 5.24 Å². The smallest absolute Gasteiger partial charge is 0.281 e. The van der Waals surface area contributed by atoms with Crippen molar-refractivity contribution >= 4 is 69.7 Å². The van der Waals surface area contributed by atoms with Crippen LogP contribution in [0.15, 0.2) is 42.5 Å². The van der Waals surface area contributed by atoms with Gasteiger partial charge in [-0.05, 0) is 62.9 Å². The van der Waals surface area contributed by atoms with Crippen LogP contribution < -0.4 is 10.6 Å². The number of thioether (sulfide) groups is 1. The summed E-state index contributed by atoms with van der Waals surface area (Å²) in [5.74, 6) is 0.591. The number of thiol groups is 1. The minimum Gasteiger partial charge on any atom is -0.383 e. The highest BCUT2D eigenvalue weighted by molar-refractivity contribution is 8.12. The molecule has 0 aliphatic rings. The molecule has 0 spiro atoms. The Kier molecular flexibility index (Phi) is 19.9. The molecule has 7 nitrogen and oxygen atoms in total. The summed E-state index contributed by atoms with van der Waals surface area (Å²) in [6.45, 7) is 12.1. The van der Waals surface area contributed by atoms with E-state index in [0.29, 0.717) is 12.4 Å². The van der Waals surface area contributed by atoms with E-state index in [4.69, 9.17) is 32.7 Å². The molecule has 3 amide bonds. The minimum absolute atomic E-state index is 0.0223. The molecule has 0 saturated carbocycles. The van der Waals surface area contributed by atoms with Gasteiger partial charge in [0.15, 0.2) is 0 Å². The molecule has 0 saturated heterocycles. The number of alkyl halides is 1. The monoisotopic (exact) mass is 617 g/mol. The Morgan fingerprint density at radius 1 is 1.08 bits per heavy atom. The normalized spacial score (nSPS) is 10.8. The third-order valence-electron chi connectivity index (χ3n) is 5.47. The lowest BCUT2D eigenvalue weighted by Gasteiger charge is -2.31. The zero-order valence-electron chi connectivity index (χ0n) is 23.6. The second-order valence-electron chi connectivity index (χ2n) is 8.33. The first-order chi connectivity index (χ1) is 18.5. The van der Waals surface area contributed by atoms with Crippen LogP contribution in [0, 0.1) is 6.92 Å². The number of nitrogens with two attached hydrogens (primary N) is 1. The van der Waals surface area contributed by atoms with Crippen LogP contribution >= 0.6 is 47.6 Å². The van der Waals surface area contributed by atoms with Crippen molar-refractivity contribution in [3.8, 4) is 0 Å². The number of hydrogen-bond acceptors (Lipinski definition) is 5. The highest BCUT2D eigenvalue weighted by atomic mass is 35.5. The van der Waals surface area contributed by atoms with Gasteiger partial charge in [-0.3, -0.25) is 14.4 Å². The van der Waals surface area contributed by atoms with Crippen molar-refractivity contribution in [1.29, 1.82) is 0 Å². The van der Waals surface area contributed by atoms with Gasteiger partial charge >= 0.3 is 0 Å². The number of benzene rings is 2. The van der Waals surface area contributed by atoms with Gasteiger partial charge < -0.3 is 20.3 Å². The number of hydrogen-bond donors (Lipinski definition) is 2. The van der Waals surface area contributed by atoms with Crippen LogP contribution in [0.3, 0.4) is 0 Å². The van der Waals surface area contributed by atoms with Crippen LogP contribution in [0.25, 0.3) is 0 Å². The van der Waals surface area contributed by atoms with Crippen molar-refractivity contribution in [1.82, 2.24) is 4.90 Å². The number of primary amides is 1. The number of carbonyl (C=O) groups is 3. The molecule has 0 fully saturated rings. The molecule has 1 unspecified atom stereocenters. The first kappa shape index (κ1) is 37.1. The van der Waals surface area contributed by atoms with E-state index in [2.05, 4.69) is 31.4 Å². The fourth-order valence-electron chi connectivity index (χ4n) is 3.62. The van der Waals surface area contributed by atoms with E-state index in [9.17, 15) is 9.59 Å². The summed E-state index contributed by atoms with van der Waals surface area (Å²) in [6.07, 6.45) is 0.878. The van der Waals surface area contributed by atoms with E-state index in [1.54, 1.807) is 12.0 Å². The second-order valence-corrected chi connectivity index (χ2v) is 10.4. The molecule has 0 aliphatic carbocycles. The number of ether oxygens (including phenoxy) is 1. The van der Waals surface area contributed by atoms with Gasteiger partial charge in [0, 0.05) is 31.0 Å².